The van der Waals surface area contributed by atoms with Crippen molar-refractivity contribution >= 4 is 28.8 Å². The Morgan fingerprint density at radius 2 is 1.94 bits per heavy atom. The number of hydrogen-bond donors (Lipinski definition) is 1. The molecule has 2 aromatic rings. The van der Waals surface area contributed by atoms with Gasteiger partial charge in [0.1, 0.15) is 5.82 Å². The Labute approximate surface area is 102 Å². The number of benzene rings is 1. The van der Waals surface area contributed by atoms with Crippen molar-refractivity contribution in [2.75, 3.05) is 5.32 Å². The Bertz CT molecular complexity index is 543. The molecule has 86 valence electrons. The first kappa shape index (κ1) is 11.3. The lowest BCUT2D eigenvalue weighted by Gasteiger charge is -2.04. The zero-order valence-electron chi connectivity index (χ0n) is 8.63. The van der Waals surface area contributed by atoms with Crippen LogP contribution in [0.5, 0.6) is 0 Å². The molecular formula is C11H8ClN3O2. The van der Waals surface area contributed by atoms with Crippen LogP contribution in [0.3, 0.4) is 0 Å². The summed E-state index contributed by atoms with van der Waals surface area (Å²) in [6.07, 6.45) is 1.39. The van der Waals surface area contributed by atoms with Gasteiger partial charge in [-0.2, -0.15) is 0 Å². The van der Waals surface area contributed by atoms with Gasteiger partial charge in [0.15, 0.2) is 0 Å². The van der Waals surface area contributed by atoms with E-state index in [1.54, 1.807) is 24.3 Å². The molecule has 1 aromatic carbocycles. The molecule has 0 spiro atoms. The molecule has 0 unspecified atom stereocenters. The van der Waals surface area contributed by atoms with Crippen molar-refractivity contribution < 1.29 is 4.92 Å². The van der Waals surface area contributed by atoms with Crippen LogP contribution in [-0.4, -0.2) is 9.91 Å². The molecule has 0 bridgehead atoms. The normalized spacial score (nSPS) is 9.94. The molecule has 1 heterocycles. The highest BCUT2D eigenvalue weighted by molar-refractivity contribution is 6.30. The van der Waals surface area contributed by atoms with Crippen LogP contribution in [0.15, 0.2) is 42.6 Å². The zero-order valence-corrected chi connectivity index (χ0v) is 9.39. The number of pyridine rings is 1. The zero-order chi connectivity index (χ0) is 12.3. The van der Waals surface area contributed by atoms with E-state index in [-0.39, 0.29) is 5.69 Å². The highest BCUT2D eigenvalue weighted by atomic mass is 35.5. The number of nitro groups is 1. The van der Waals surface area contributed by atoms with E-state index >= 15 is 0 Å². The van der Waals surface area contributed by atoms with Gasteiger partial charge in [0, 0.05) is 23.0 Å². The van der Waals surface area contributed by atoms with Crippen LogP contribution in [0.2, 0.25) is 5.02 Å². The number of nitrogens with zero attached hydrogens (tertiary/aromatic N) is 2. The lowest BCUT2D eigenvalue weighted by atomic mass is 10.3. The third kappa shape index (κ3) is 2.92. The second kappa shape index (κ2) is 4.80. The van der Waals surface area contributed by atoms with Gasteiger partial charge in [-0.1, -0.05) is 11.6 Å². The number of aromatic nitrogens is 1. The maximum absolute atomic E-state index is 10.6. The van der Waals surface area contributed by atoms with Crippen molar-refractivity contribution in [2.45, 2.75) is 0 Å². The molecule has 0 aliphatic rings. The smallest absolute Gasteiger partial charge is 0.274 e. The molecular weight excluding hydrogens is 242 g/mol. The van der Waals surface area contributed by atoms with Gasteiger partial charge in [0.05, 0.1) is 11.0 Å². The Kier molecular flexibility index (Phi) is 3.20. The summed E-state index contributed by atoms with van der Waals surface area (Å²) in [4.78, 5) is 14.1. The van der Waals surface area contributed by atoms with Crippen LogP contribution < -0.4 is 5.32 Å². The summed E-state index contributed by atoms with van der Waals surface area (Å²) in [5, 5.41) is 14.2. The lowest BCUT2D eigenvalue weighted by Crippen LogP contribution is -1.95. The van der Waals surface area contributed by atoms with Gasteiger partial charge in [-0.3, -0.25) is 10.1 Å². The van der Waals surface area contributed by atoms with Gasteiger partial charge >= 0.3 is 0 Å². The van der Waals surface area contributed by atoms with Crippen LogP contribution in [0.25, 0.3) is 0 Å². The predicted molar refractivity (Wildman–Crippen MR) is 65.6 cm³/mol. The molecule has 1 aromatic heterocycles. The molecule has 5 nitrogen and oxygen atoms in total. The average molecular weight is 250 g/mol. The van der Waals surface area contributed by atoms with Crippen molar-refractivity contribution in [3.8, 4) is 0 Å². The van der Waals surface area contributed by atoms with E-state index in [0.29, 0.717) is 10.8 Å². The van der Waals surface area contributed by atoms with Crippen LogP contribution in [0, 0.1) is 10.1 Å². The molecule has 6 heteroatoms. The molecule has 0 aliphatic carbocycles. The molecule has 0 amide bonds. The topological polar surface area (TPSA) is 68.1 Å². The molecule has 2 rings (SSSR count). The second-order valence-electron chi connectivity index (χ2n) is 3.29. The summed E-state index contributed by atoms with van der Waals surface area (Å²) >= 11 is 5.75. The summed E-state index contributed by atoms with van der Waals surface area (Å²) in [6.45, 7) is 0. The SMILES string of the molecule is O=[N+]([O-])c1ccnc(Nc2ccc(Cl)cc2)c1. The third-order valence-electron chi connectivity index (χ3n) is 2.07. The highest BCUT2D eigenvalue weighted by Gasteiger charge is 2.06. The molecule has 0 radical (unpaired) electrons. The number of halogens is 1. The number of hydrogen-bond acceptors (Lipinski definition) is 4. The van der Waals surface area contributed by atoms with E-state index < -0.39 is 4.92 Å². The molecule has 17 heavy (non-hydrogen) atoms. The first-order valence-electron chi connectivity index (χ1n) is 4.78. The minimum atomic E-state index is -0.464. The minimum Gasteiger partial charge on any atom is -0.340 e. The van der Waals surface area contributed by atoms with Crippen LogP contribution in [0.4, 0.5) is 17.2 Å². The summed E-state index contributed by atoms with van der Waals surface area (Å²) in [5.41, 5.74) is 0.763. The fourth-order valence-corrected chi connectivity index (χ4v) is 1.41. The van der Waals surface area contributed by atoms with Crippen molar-refractivity contribution in [2.24, 2.45) is 0 Å². The Morgan fingerprint density at radius 3 is 2.59 bits per heavy atom. The average Bonchev–Trinajstić information content (AvgIpc) is 2.32. The molecule has 1 N–H and O–H groups in total. The van der Waals surface area contributed by atoms with Crippen molar-refractivity contribution in [1.82, 2.24) is 4.98 Å². The van der Waals surface area contributed by atoms with Crippen LogP contribution in [-0.2, 0) is 0 Å². The first-order valence-corrected chi connectivity index (χ1v) is 5.16. The van der Waals surface area contributed by atoms with Crippen LogP contribution in [0.1, 0.15) is 0 Å². The van der Waals surface area contributed by atoms with Crippen LogP contribution >= 0.6 is 11.6 Å². The van der Waals surface area contributed by atoms with E-state index in [0.717, 1.165) is 5.69 Å². The summed E-state index contributed by atoms with van der Waals surface area (Å²) in [5.74, 6) is 0.418. The third-order valence-corrected chi connectivity index (χ3v) is 2.32. The van der Waals surface area contributed by atoms with E-state index in [4.69, 9.17) is 11.6 Å². The highest BCUT2D eigenvalue weighted by Crippen LogP contribution is 2.20. The minimum absolute atomic E-state index is 0.00327. The largest absolute Gasteiger partial charge is 0.340 e. The number of anilines is 2. The van der Waals surface area contributed by atoms with E-state index in [9.17, 15) is 10.1 Å². The van der Waals surface area contributed by atoms with Gasteiger partial charge in [-0.15, -0.1) is 0 Å². The summed E-state index contributed by atoms with van der Waals surface area (Å²) in [6, 6.07) is 9.69. The second-order valence-corrected chi connectivity index (χ2v) is 3.72. The molecule has 0 saturated heterocycles. The van der Waals surface area contributed by atoms with Gasteiger partial charge in [0.25, 0.3) is 5.69 Å². The Hall–Kier alpha value is -2.14. The predicted octanol–water partition coefficient (Wildman–Crippen LogP) is 3.39. The fourth-order valence-electron chi connectivity index (χ4n) is 1.28. The summed E-state index contributed by atoms with van der Waals surface area (Å²) < 4.78 is 0. The molecule has 0 atom stereocenters. The molecule has 0 saturated carbocycles. The standard InChI is InChI=1S/C11H8ClN3O2/c12-8-1-3-9(4-2-8)14-11-7-10(15(16)17)5-6-13-11/h1-7H,(H,13,14). The van der Waals surface area contributed by atoms with E-state index in [1.165, 1.54) is 18.3 Å². The van der Waals surface area contributed by atoms with Gasteiger partial charge < -0.3 is 5.32 Å². The number of nitrogens with one attached hydrogen (secondary N) is 1. The first-order chi connectivity index (χ1) is 8.15. The molecule has 0 fully saturated rings. The van der Waals surface area contributed by atoms with E-state index in [2.05, 4.69) is 10.3 Å². The molecule has 0 aliphatic heterocycles. The fraction of sp³-hybridized carbons (Fsp3) is 0. The van der Waals surface area contributed by atoms with Crippen molar-refractivity contribution in [3.63, 3.8) is 0 Å². The quantitative estimate of drug-likeness (QED) is 0.669. The maximum Gasteiger partial charge on any atom is 0.274 e. The number of rotatable bonds is 3. The Morgan fingerprint density at radius 1 is 1.24 bits per heavy atom. The van der Waals surface area contributed by atoms with Gasteiger partial charge in [-0.05, 0) is 24.3 Å². The van der Waals surface area contributed by atoms with Crippen molar-refractivity contribution in [1.29, 1.82) is 0 Å². The maximum atomic E-state index is 10.6. The van der Waals surface area contributed by atoms with Gasteiger partial charge in [-0.25, -0.2) is 4.98 Å². The Balaban J connectivity index is 2.21. The van der Waals surface area contributed by atoms with Gasteiger partial charge in [0.2, 0.25) is 0 Å². The van der Waals surface area contributed by atoms with E-state index in [1.807, 2.05) is 0 Å². The van der Waals surface area contributed by atoms with Crippen molar-refractivity contribution in [3.05, 3.63) is 57.7 Å². The summed E-state index contributed by atoms with van der Waals surface area (Å²) in [7, 11) is 0. The lowest BCUT2D eigenvalue weighted by molar-refractivity contribution is -0.384. The monoisotopic (exact) mass is 249 g/mol.